The molecule has 0 unspecified atom stereocenters. The summed E-state index contributed by atoms with van der Waals surface area (Å²) in [6.45, 7) is 5.70. The first kappa shape index (κ1) is 20.2. The summed E-state index contributed by atoms with van der Waals surface area (Å²) in [4.78, 5) is 14.1. The number of aryl methyl sites for hydroxylation is 1. The van der Waals surface area contributed by atoms with Gasteiger partial charge in [-0.25, -0.2) is 4.39 Å². The van der Waals surface area contributed by atoms with Gasteiger partial charge >= 0.3 is 0 Å². The van der Waals surface area contributed by atoms with E-state index in [1.807, 2.05) is 48.2 Å². The number of carbonyl (C=O) groups is 1. The molecule has 0 radical (unpaired) electrons. The van der Waals surface area contributed by atoms with Crippen molar-refractivity contribution in [1.82, 2.24) is 10.6 Å². The van der Waals surface area contributed by atoms with E-state index in [9.17, 15) is 9.18 Å². The molecular weight excluding hydrogens is 353 g/mol. The molecule has 0 atom stereocenters. The molecule has 1 saturated heterocycles. The molecule has 1 amide bonds. The molecule has 0 aliphatic carbocycles. The molecule has 0 saturated carbocycles. The molecule has 2 aromatic carbocycles. The van der Waals surface area contributed by atoms with Crippen LogP contribution >= 0.6 is 12.4 Å². The van der Waals surface area contributed by atoms with Gasteiger partial charge in [0.05, 0.1) is 12.1 Å². The molecule has 2 N–H and O–H groups in total. The van der Waals surface area contributed by atoms with E-state index in [2.05, 4.69) is 10.6 Å². The fourth-order valence-electron chi connectivity index (χ4n) is 3.09. The molecule has 1 aliphatic rings. The average molecular weight is 378 g/mol. The fraction of sp³-hybridized carbons (Fsp3) is 0.350. The Balaban J connectivity index is 0.00000243. The van der Waals surface area contributed by atoms with Crippen LogP contribution in [0.15, 0.2) is 42.5 Å². The van der Waals surface area contributed by atoms with Crippen LogP contribution in [0.5, 0.6) is 0 Å². The van der Waals surface area contributed by atoms with Crippen LogP contribution in [-0.2, 0) is 17.8 Å². The van der Waals surface area contributed by atoms with E-state index in [1.165, 1.54) is 6.07 Å². The molecule has 1 heterocycles. The smallest absolute Gasteiger partial charge is 0.224 e. The van der Waals surface area contributed by atoms with Crippen LogP contribution < -0.4 is 15.5 Å². The van der Waals surface area contributed by atoms with E-state index in [-0.39, 0.29) is 24.1 Å². The third-order valence-corrected chi connectivity index (χ3v) is 4.41. The number of nitrogens with zero attached hydrogens (tertiary/aromatic N) is 1. The van der Waals surface area contributed by atoms with E-state index in [1.54, 1.807) is 0 Å². The number of hydrogen-bond donors (Lipinski definition) is 2. The maximum absolute atomic E-state index is 14.4. The minimum atomic E-state index is -0.229. The molecule has 2 aromatic rings. The lowest BCUT2D eigenvalue weighted by Gasteiger charge is -2.29. The first-order valence-electron chi connectivity index (χ1n) is 8.68. The number of amides is 1. The molecule has 140 valence electrons. The van der Waals surface area contributed by atoms with Gasteiger partial charge in [0, 0.05) is 32.7 Å². The Morgan fingerprint density at radius 2 is 1.92 bits per heavy atom. The third-order valence-electron chi connectivity index (χ3n) is 4.41. The summed E-state index contributed by atoms with van der Waals surface area (Å²) in [5.41, 5.74) is 3.53. The van der Waals surface area contributed by atoms with E-state index in [4.69, 9.17) is 0 Å². The second-order valence-electron chi connectivity index (χ2n) is 6.47. The Bertz CT molecular complexity index is 748. The number of anilines is 1. The first-order valence-corrected chi connectivity index (χ1v) is 8.68. The largest absolute Gasteiger partial charge is 0.367 e. The Kier molecular flexibility index (Phi) is 7.42. The second kappa shape index (κ2) is 9.55. The number of benzene rings is 2. The number of halogens is 2. The highest BCUT2D eigenvalue weighted by Gasteiger charge is 2.14. The number of carbonyl (C=O) groups excluding carboxylic acids is 1. The summed E-state index contributed by atoms with van der Waals surface area (Å²) in [6, 6.07) is 13.1. The zero-order valence-electron chi connectivity index (χ0n) is 14.9. The van der Waals surface area contributed by atoms with Crippen molar-refractivity contribution in [2.75, 3.05) is 31.1 Å². The minimum absolute atomic E-state index is 0. The van der Waals surface area contributed by atoms with Gasteiger partial charge in [-0.05, 0) is 30.2 Å². The van der Waals surface area contributed by atoms with E-state index in [0.717, 1.165) is 42.9 Å². The van der Waals surface area contributed by atoms with Crippen LogP contribution in [0.3, 0.4) is 0 Å². The molecule has 3 rings (SSSR count). The topological polar surface area (TPSA) is 44.4 Å². The summed E-state index contributed by atoms with van der Waals surface area (Å²) in [5, 5.41) is 6.12. The zero-order valence-corrected chi connectivity index (χ0v) is 15.7. The predicted octanol–water partition coefficient (Wildman–Crippen LogP) is 2.82. The molecule has 6 heteroatoms. The summed E-state index contributed by atoms with van der Waals surface area (Å²) in [7, 11) is 0. The van der Waals surface area contributed by atoms with Crippen molar-refractivity contribution >= 4 is 24.0 Å². The average Bonchev–Trinajstić information content (AvgIpc) is 2.61. The number of rotatable bonds is 5. The van der Waals surface area contributed by atoms with Crippen molar-refractivity contribution < 1.29 is 9.18 Å². The Morgan fingerprint density at radius 3 is 2.62 bits per heavy atom. The molecule has 0 aromatic heterocycles. The van der Waals surface area contributed by atoms with Gasteiger partial charge in [-0.2, -0.15) is 0 Å². The highest BCUT2D eigenvalue weighted by molar-refractivity contribution is 5.85. The summed E-state index contributed by atoms with van der Waals surface area (Å²) < 4.78 is 14.4. The standard InChI is InChI=1S/C20H24FN3O.ClH/c1-15-3-2-4-16(11-15)13-20(25)23-14-17-5-6-19(18(21)12-17)24-9-7-22-8-10-24;/h2-6,11-12,22H,7-10,13-14H2,1H3,(H,23,25);1H. The second-order valence-corrected chi connectivity index (χ2v) is 6.47. The van der Waals surface area contributed by atoms with Crippen molar-refractivity contribution in [3.8, 4) is 0 Å². The maximum atomic E-state index is 14.4. The van der Waals surface area contributed by atoms with E-state index >= 15 is 0 Å². The van der Waals surface area contributed by atoms with Crippen molar-refractivity contribution in [2.45, 2.75) is 19.9 Å². The lowest BCUT2D eigenvalue weighted by molar-refractivity contribution is -0.120. The molecule has 0 spiro atoms. The molecule has 4 nitrogen and oxygen atoms in total. The van der Waals surface area contributed by atoms with Crippen LogP contribution in [0.2, 0.25) is 0 Å². The van der Waals surface area contributed by atoms with Gasteiger partial charge in [0.1, 0.15) is 5.82 Å². The van der Waals surface area contributed by atoms with Gasteiger partial charge in [0.15, 0.2) is 0 Å². The SMILES string of the molecule is Cc1cccc(CC(=O)NCc2ccc(N3CCNCC3)c(F)c2)c1.Cl. The quantitative estimate of drug-likeness (QED) is 0.842. The van der Waals surface area contributed by atoms with Gasteiger partial charge in [-0.1, -0.05) is 35.9 Å². The Labute approximate surface area is 160 Å². The summed E-state index contributed by atoms with van der Waals surface area (Å²) >= 11 is 0. The van der Waals surface area contributed by atoms with Crippen LogP contribution in [0, 0.1) is 12.7 Å². The van der Waals surface area contributed by atoms with Gasteiger partial charge in [-0.3, -0.25) is 4.79 Å². The molecule has 1 fully saturated rings. The van der Waals surface area contributed by atoms with Crippen molar-refractivity contribution in [2.24, 2.45) is 0 Å². The first-order chi connectivity index (χ1) is 12.1. The lowest BCUT2D eigenvalue weighted by Crippen LogP contribution is -2.43. The molecule has 0 bridgehead atoms. The van der Waals surface area contributed by atoms with Gasteiger partial charge in [-0.15, -0.1) is 12.4 Å². The number of piperazine rings is 1. The Hall–Kier alpha value is -2.11. The highest BCUT2D eigenvalue weighted by Crippen LogP contribution is 2.21. The van der Waals surface area contributed by atoms with Crippen LogP contribution in [0.25, 0.3) is 0 Å². The zero-order chi connectivity index (χ0) is 17.6. The van der Waals surface area contributed by atoms with Crippen molar-refractivity contribution in [3.05, 3.63) is 65.0 Å². The van der Waals surface area contributed by atoms with Crippen LogP contribution in [0.4, 0.5) is 10.1 Å². The highest BCUT2D eigenvalue weighted by atomic mass is 35.5. The van der Waals surface area contributed by atoms with Gasteiger partial charge in [0.2, 0.25) is 5.91 Å². The van der Waals surface area contributed by atoms with Crippen LogP contribution in [0.1, 0.15) is 16.7 Å². The summed E-state index contributed by atoms with van der Waals surface area (Å²) in [5.74, 6) is -0.287. The van der Waals surface area contributed by atoms with E-state index < -0.39 is 0 Å². The summed E-state index contributed by atoms with van der Waals surface area (Å²) in [6.07, 6.45) is 0.336. The van der Waals surface area contributed by atoms with Gasteiger partial charge < -0.3 is 15.5 Å². The maximum Gasteiger partial charge on any atom is 0.224 e. The minimum Gasteiger partial charge on any atom is -0.367 e. The van der Waals surface area contributed by atoms with Crippen molar-refractivity contribution in [1.29, 1.82) is 0 Å². The normalized spacial score (nSPS) is 13.8. The molecule has 26 heavy (non-hydrogen) atoms. The number of hydrogen-bond acceptors (Lipinski definition) is 3. The van der Waals surface area contributed by atoms with E-state index in [0.29, 0.717) is 18.7 Å². The number of nitrogens with one attached hydrogen (secondary N) is 2. The van der Waals surface area contributed by atoms with Gasteiger partial charge in [0.25, 0.3) is 0 Å². The molecule has 1 aliphatic heterocycles. The monoisotopic (exact) mass is 377 g/mol. The fourth-order valence-corrected chi connectivity index (χ4v) is 3.09. The Morgan fingerprint density at radius 1 is 1.15 bits per heavy atom. The molecular formula is C20H25ClFN3O. The van der Waals surface area contributed by atoms with Crippen molar-refractivity contribution in [3.63, 3.8) is 0 Å². The van der Waals surface area contributed by atoms with Crippen LogP contribution in [-0.4, -0.2) is 32.1 Å². The third kappa shape index (κ3) is 5.44. The lowest BCUT2D eigenvalue weighted by atomic mass is 10.1. The predicted molar refractivity (Wildman–Crippen MR) is 105 cm³/mol.